The van der Waals surface area contributed by atoms with Crippen molar-refractivity contribution in [3.8, 4) is 0 Å². The summed E-state index contributed by atoms with van der Waals surface area (Å²) in [4.78, 5) is 23.2. The van der Waals surface area contributed by atoms with E-state index >= 15 is 0 Å². The van der Waals surface area contributed by atoms with Crippen molar-refractivity contribution in [2.45, 2.75) is 6.92 Å². The molecule has 0 saturated heterocycles. The summed E-state index contributed by atoms with van der Waals surface area (Å²) in [5.41, 5.74) is 0.805. The van der Waals surface area contributed by atoms with Gasteiger partial charge >= 0.3 is 5.97 Å². The van der Waals surface area contributed by atoms with E-state index in [1.807, 2.05) is 0 Å². The van der Waals surface area contributed by atoms with E-state index in [9.17, 15) is 9.59 Å². The first kappa shape index (κ1) is 10.4. The lowest BCUT2D eigenvalue weighted by atomic mass is 10.2. The van der Waals surface area contributed by atoms with E-state index in [1.165, 1.54) is 16.5 Å². The number of nitrogens with zero attached hydrogens (tertiary/aromatic N) is 1. The first-order valence-corrected chi connectivity index (χ1v) is 5.01. The summed E-state index contributed by atoms with van der Waals surface area (Å²) < 4.78 is 6.34. The number of hydrogen-bond acceptors (Lipinski definition) is 3. The predicted molar refractivity (Wildman–Crippen MR) is 59.6 cm³/mol. The highest BCUT2D eigenvalue weighted by Crippen LogP contribution is 2.09. The molecule has 2 aromatic heterocycles. The van der Waals surface area contributed by atoms with Gasteiger partial charge in [-0.05, 0) is 25.1 Å². The van der Waals surface area contributed by atoms with E-state index < -0.39 is 5.97 Å². The van der Waals surface area contributed by atoms with Crippen LogP contribution >= 0.6 is 0 Å². The lowest BCUT2D eigenvalue weighted by Gasteiger charge is -2.06. The number of ether oxygens (including phenoxy) is 1. The van der Waals surface area contributed by atoms with E-state index in [-0.39, 0.29) is 5.56 Å². The first-order valence-electron chi connectivity index (χ1n) is 5.01. The molecule has 82 valence electrons. The normalized spacial score (nSPS) is 10.3. The highest BCUT2D eigenvalue weighted by molar-refractivity contribution is 5.96. The van der Waals surface area contributed by atoms with Crippen molar-refractivity contribution >= 4 is 11.5 Å². The maximum atomic E-state index is 11.6. The van der Waals surface area contributed by atoms with Crippen LogP contribution in [0.15, 0.2) is 41.3 Å². The molecule has 0 saturated carbocycles. The fourth-order valence-corrected chi connectivity index (χ4v) is 1.56. The second-order valence-corrected chi connectivity index (χ2v) is 3.26. The summed E-state index contributed by atoms with van der Waals surface area (Å²) in [6, 6.07) is 8.09. The van der Waals surface area contributed by atoms with Gasteiger partial charge in [0.05, 0.1) is 17.7 Å². The smallest absolute Gasteiger partial charge is 0.340 e. The first-order chi connectivity index (χ1) is 7.74. The molecule has 0 amide bonds. The van der Waals surface area contributed by atoms with Crippen molar-refractivity contribution in [2.75, 3.05) is 6.61 Å². The molecule has 0 N–H and O–H groups in total. The topological polar surface area (TPSA) is 47.8 Å². The Morgan fingerprint density at radius 1 is 1.31 bits per heavy atom. The molecule has 0 aliphatic rings. The van der Waals surface area contributed by atoms with Crippen molar-refractivity contribution < 1.29 is 9.53 Å². The zero-order chi connectivity index (χ0) is 11.5. The number of esters is 1. The second kappa shape index (κ2) is 4.18. The summed E-state index contributed by atoms with van der Waals surface area (Å²) in [6.07, 6.45) is 1.63. The third-order valence-corrected chi connectivity index (χ3v) is 2.26. The molecule has 2 rings (SSSR count). The van der Waals surface area contributed by atoms with Crippen LogP contribution in [0.25, 0.3) is 5.52 Å². The number of rotatable bonds is 2. The van der Waals surface area contributed by atoms with Gasteiger partial charge in [0.2, 0.25) is 0 Å². The molecule has 4 nitrogen and oxygen atoms in total. The van der Waals surface area contributed by atoms with Gasteiger partial charge < -0.3 is 4.74 Å². The van der Waals surface area contributed by atoms with Gasteiger partial charge in [0.25, 0.3) is 5.56 Å². The van der Waals surface area contributed by atoms with Crippen LogP contribution in [0, 0.1) is 0 Å². The van der Waals surface area contributed by atoms with Gasteiger partial charge in [0, 0.05) is 12.3 Å². The molecular weight excluding hydrogens is 206 g/mol. The van der Waals surface area contributed by atoms with E-state index in [4.69, 9.17) is 4.74 Å². The van der Waals surface area contributed by atoms with Crippen molar-refractivity contribution in [1.29, 1.82) is 0 Å². The third-order valence-electron chi connectivity index (χ3n) is 2.26. The van der Waals surface area contributed by atoms with Crippen LogP contribution in [-0.4, -0.2) is 17.0 Å². The standard InChI is InChI=1S/C12H11NO3/c1-2-16-12(15)9-6-7-11(14)13-8-4-3-5-10(9)13/h3-8H,2H2,1H3. The minimum absolute atomic E-state index is 0.163. The molecular formula is C12H11NO3. The summed E-state index contributed by atoms with van der Waals surface area (Å²) in [7, 11) is 0. The van der Waals surface area contributed by atoms with Gasteiger partial charge in [-0.2, -0.15) is 0 Å². The lowest BCUT2D eigenvalue weighted by molar-refractivity contribution is 0.0528. The Labute approximate surface area is 92.1 Å². The minimum Gasteiger partial charge on any atom is -0.462 e. The Kier molecular flexibility index (Phi) is 2.72. The maximum Gasteiger partial charge on any atom is 0.340 e. The molecule has 0 atom stereocenters. The van der Waals surface area contributed by atoms with E-state index in [0.717, 1.165) is 0 Å². The van der Waals surface area contributed by atoms with Crippen LogP contribution in [0.2, 0.25) is 0 Å². The third kappa shape index (κ3) is 1.69. The van der Waals surface area contributed by atoms with Crippen molar-refractivity contribution in [3.63, 3.8) is 0 Å². The minimum atomic E-state index is -0.411. The average Bonchev–Trinajstić information content (AvgIpc) is 2.30. The molecule has 16 heavy (non-hydrogen) atoms. The lowest BCUT2D eigenvalue weighted by Crippen LogP contribution is -2.16. The molecule has 4 heteroatoms. The number of carbonyl (C=O) groups is 1. The maximum absolute atomic E-state index is 11.6. The number of aromatic nitrogens is 1. The van der Waals surface area contributed by atoms with Gasteiger partial charge in [-0.25, -0.2) is 4.79 Å². The molecule has 0 spiro atoms. The fraction of sp³-hybridized carbons (Fsp3) is 0.167. The molecule has 0 aliphatic heterocycles. The largest absolute Gasteiger partial charge is 0.462 e. The van der Waals surface area contributed by atoms with Gasteiger partial charge in [-0.1, -0.05) is 6.07 Å². The van der Waals surface area contributed by atoms with Crippen LogP contribution in [0.5, 0.6) is 0 Å². The monoisotopic (exact) mass is 217 g/mol. The molecule has 0 bridgehead atoms. The summed E-state index contributed by atoms with van der Waals surface area (Å²) in [5, 5.41) is 0. The number of carbonyl (C=O) groups excluding carboxylic acids is 1. The molecule has 2 aromatic rings. The average molecular weight is 217 g/mol. The predicted octanol–water partition coefficient (Wildman–Crippen LogP) is 1.48. The zero-order valence-electron chi connectivity index (χ0n) is 8.84. The van der Waals surface area contributed by atoms with E-state index in [1.54, 1.807) is 31.3 Å². The summed E-state index contributed by atoms with van der Waals surface area (Å²) in [6.45, 7) is 2.06. The van der Waals surface area contributed by atoms with Crippen LogP contribution in [0.1, 0.15) is 17.3 Å². The van der Waals surface area contributed by atoms with Gasteiger partial charge in [-0.15, -0.1) is 0 Å². The van der Waals surface area contributed by atoms with E-state index in [0.29, 0.717) is 17.7 Å². The summed E-state index contributed by atoms with van der Waals surface area (Å²) >= 11 is 0. The highest BCUT2D eigenvalue weighted by Gasteiger charge is 2.11. The van der Waals surface area contributed by atoms with Crippen molar-refractivity contribution in [3.05, 3.63) is 52.4 Å². The van der Waals surface area contributed by atoms with Crippen molar-refractivity contribution in [2.24, 2.45) is 0 Å². The Hall–Kier alpha value is -2.10. The van der Waals surface area contributed by atoms with Crippen molar-refractivity contribution in [1.82, 2.24) is 4.40 Å². The second-order valence-electron chi connectivity index (χ2n) is 3.26. The Balaban J connectivity index is 2.68. The number of fused-ring (bicyclic) bond motifs is 1. The number of pyridine rings is 2. The van der Waals surface area contributed by atoms with Gasteiger partial charge in [-0.3, -0.25) is 9.20 Å². The Morgan fingerprint density at radius 3 is 2.88 bits per heavy atom. The van der Waals surface area contributed by atoms with Crippen LogP contribution in [-0.2, 0) is 4.74 Å². The molecule has 0 aromatic carbocycles. The number of hydrogen-bond donors (Lipinski definition) is 0. The van der Waals surface area contributed by atoms with Crippen LogP contribution < -0.4 is 5.56 Å². The molecule has 0 fully saturated rings. The SMILES string of the molecule is CCOC(=O)c1ccc(=O)n2ccccc12. The zero-order valence-corrected chi connectivity index (χ0v) is 8.84. The Bertz CT molecular complexity index is 586. The molecule has 2 heterocycles. The molecule has 0 aliphatic carbocycles. The molecule has 0 unspecified atom stereocenters. The summed E-state index contributed by atoms with van der Waals surface area (Å²) in [5.74, 6) is -0.411. The highest BCUT2D eigenvalue weighted by atomic mass is 16.5. The fourth-order valence-electron chi connectivity index (χ4n) is 1.56. The van der Waals surface area contributed by atoms with Crippen LogP contribution in [0.3, 0.4) is 0 Å². The van der Waals surface area contributed by atoms with Crippen LogP contribution in [0.4, 0.5) is 0 Å². The quantitative estimate of drug-likeness (QED) is 0.716. The van der Waals surface area contributed by atoms with E-state index in [2.05, 4.69) is 0 Å². The molecule has 0 radical (unpaired) electrons. The van der Waals surface area contributed by atoms with Gasteiger partial charge in [0.1, 0.15) is 0 Å². The Morgan fingerprint density at radius 2 is 2.12 bits per heavy atom. The van der Waals surface area contributed by atoms with Gasteiger partial charge in [0.15, 0.2) is 0 Å².